The average Bonchev–Trinajstić information content (AvgIpc) is 2.48. The van der Waals surface area contributed by atoms with Gasteiger partial charge in [0.1, 0.15) is 0 Å². The Labute approximate surface area is 122 Å². The molecule has 0 radical (unpaired) electrons. The van der Waals surface area contributed by atoms with E-state index in [1.165, 1.54) is 0 Å². The molecule has 1 aromatic heterocycles. The van der Waals surface area contributed by atoms with Gasteiger partial charge >= 0.3 is 0 Å². The van der Waals surface area contributed by atoms with E-state index in [1.54, 1.807) is 43.3 Å². The van der Waals surface area contributed by atoms with E-state index in [0.29, 0.717) is 17.1 Å². The number of ether oxygens (including phenoxy) is 1. The lowest BCUT2D eigenvalue weighted by Gasteiger charge is -2.07. The molecule has 20 heavy (non-hydrogen) atoms. The van der Waals surface area contributed by atoms with Gasteiger partial charge in [-0.3, -0.25) is 4.79 Å². The van der Waals surface area contributed by atoms with Gasteiger partial charge in [0.15, 0.2) is 0 Å². The van der Waals surface area contributed by atoms with Crippen molar-refractivity contribution < 1.29 is 9.53 Å². The van der Waals surface area contributed by atoms with Crippen molar-refractivity contribution in [2.24, 2.45) is 0 Å². The van der Waals surface area contributed by atoms with E-state index in [0.717, 1.165) is 11.3 Å². The third kappa shape index (κ3) is 3.74. The molecule has 0 aliphatic carbocycles. The van der Waals surface area contributed by atoms with Crippen molar-refractivity contribution in [3.05, 3.63) is 53.7 Å². The van der Waals surface area contributed by atoms with Gasteiger partial charge in [0.2, 0.25) is 5.88 Å². The second kappa shape index (κ2) is 6.96. The summed E-state index contributed by atoms with van der Waals surface area (Å²) in [5, 5.41) is 2.82. The minimum atomic E-state index is -0.139. The molecule has 1 N–H and O–H groups in total. The van der Waals surface area contributed by atoms with Gasteiger partial charge in [0.05, 0.1) is 19.0 Å². The standard InChI is InChI=1S/C15H16N2O2S/c1-19-14-7-6-13(9-16-14)17-15(18)12-5-3-4-11(8-12)10-20-2/h3-9H,10H2,1-2H3,(H,17,18). The number of hydrogen-bond donors (Lipinski definition) is 1. The number of anilines is 1. The molecule has 0 bridgehead atoms. The largest absolute Gasteiger partial charge is 0.481 e. The number of carbonyl (C=O) groups excluding carboxylic acids is 1. The summed E-state index contributed by atoms with van der Waals surface area (Å²) in [7, 11) is 1.55. The van der Waals surface area contributed by atoms with Crippen LogP contribution < -0.4 is 10.1 Å². The lowest BCUT2D eigenvalue weighted by Crippen LogP contribution is -2.12. The summed E-state index contributed by atoms with van der Waals surface area (Å²) < 4.78 is 4.98. The Morgan fingerprint density at radius 2 is 2.20 bits per heavy atom. The minimum absolute atomic E-state index is 0.139. The molecule has 4 nitrogen and oxygen atoms in total. The summed E-state index contributed by atoms with van der Waals surface area (Å²) in [5.74, 6) is 1.27. The summed E-state index contributed by atoms with van der Waals surface area (Å²) >= 11 is 1.73. The minimum Gasteiger partial charge on any atom is -0.481 e. The summed E-state index contributed by atoms with van der Waals surface area (Å²) in [4.78, 5) is 16.2. The van der Waals surface area contributed by atoms with Crippen molar-refractivity contribution >= 4 is 23.4 Å². The quantitative estimate of drug-likeness (QED) is 0.918. The third-order valence-corrected chi connectivity index (χ3v) is 3.33. The smallest absolute Gasteiger partial charge is 0.255 e. The molecule has 0 aliphatic rings. The van der Waals surface area contributed by atoms with Gasteiger partial charge in [-0.2, -0.15) is 11.8 Å². The molecular formula is C15H16N2O2S. The van der Waals surface area contributed by atoms with E-state index < -0.39 is 0 Å². The van der Waals surface area contributed by atoms with Gasteiger partial charge < -0.3 is 10.1 Å². The number of nitrogens with zero attached hydrogens (tertiary/aromatic N) is 1. The fraction of sp³-hybridized carbons (Fsp3) is 0.200. The van der Waals surface area contributed by atoms with Crippen LogP contribution in [0.3, 0.4) is 0 Å². The monoisotopic (exact) mass is 288 g/mol. The van der Waals surface area contributed by atoms with Crippen molar-refractivity contribution in [1.82, 2.24) is 4.98 Å². The Morgan fingerprint density at radius 1 is 1.35 bits per heavy atom. The molecule has 0 saturated carbocycles. The van der Waals surface area contributed by atoms with E-state index in [4.69, 9.17) is 4.74 Å². The first-order chi connectivity index (χ1) is 9.72. The predicted octanol–water partition coefficient (Wildman–Crippen LogP) is 3.21. The van der Waals surface area contributed by atoms with Gasteiger partial charge in [0.25, 0.3) is 5.91 Å². The van der Waals surface area contributed by atoms with Crippen molar-refractivity contribution in [1.29, 1.82) is 0 Å². The number of aromatic nitrogens is 1. The van der Waals surface area contributed by atoms with Crippen LogP contribution in [0.4, 0.5) is 5.69 Å². The lowest BCUT2D eigenvalue weighted by molar-refractivity contribution is 0.102. The molecule has 2 aromatic rings. The third-order valence-electron chi connectivity index (χ3n) is 2.70. The fourth-order valence-electron chi connectivity index (χ4n) is 1.75. The molecule has 0 unspecified atom stereocenters. The molecule has 0 aliphatic heterocycles. The second-order valence-corrected chi connectivity index (χ2v) is 5.04. The number of rotatable bonds is 5. The summed E-state index contributed by atoms with van der Waals surface area (Å²) in [6.45, 7) is 0. The van der Waals surface area contributed by atoms with Crippen LogP contribution in [0.25, 0.3) is 0 Å². The van der Waals surface area contributed by atoms with Crippen LogP contribution in [0.2, 0.25) is 0 Å². The number of nitrogens with one attached hydrogen (secondary N) is 1. The molecule has 0 atom stereocenters. The highest BCUT2D eigenvalue weighted by Gasteiger charge is 2.07. The van der Waals surface area contributed by atoms with Gasteiger partial charge in [-0.05, 0) is 30.0 Å². The van der Waals surface area contributed by atoms with Gasteiger partial charge in [-0.1, -0.05) is 12.1 Å². The maximum Gasteiger partial charge on any atom is 0.255 e. The SMILES string of the molecule is COc1ccc(NC(=O)c2cccc(CSC)c2)cn1. The van der Waals surface area contributed by atoms with E-state index in [1.807, 2.05) is 24.5 Å². The van der Waals surface area contributed by atoms with Crippen LogP contribution >= 0.6 is 11.8 Å². The molecular weight excluding hydrogens is 272 g/mol. The Kier molecular flexibility index (Phi) is 5.01. The summed E-state index contributed by atoms with van der Waals surface area (Å²) in [5.41, 5.74) is 2.43. The maximum absolute atomic E-state index is 12.1. The van der Waals surface area contributed by atoms with Crippen LogP contribution in [-0.2, 0) is 5.75 Å². The Bertz CT molecular complexity index is 585. The van der Waals surface area contributed by atoms with Crippen LogP contribution in [-0.4, -0.2) is 24.3 Å². The molecule has 104 valence electrons. The van der Waals surface area contributed by atoms with Crippen molar-refractivity contribution in [3.8, 4) is 5.88 Å². The summed E-state index contributed by atoms with van der Waals surface area (Å²) in [6.07, 6.45) is 3.61. The van der Waals surface area contributed by atoms with Crippen LogP contribution in [0.1, 0.15) is 15.9 Å². The molecule has 0 spiro atoms. The number of hydrogen-bond acceptors (Lipinski definition) is 4. The number of pyridine rings is 1. The predicted molar refractivity (Wildman–Crippen MR) is 82.4 cm³/mol. The first-order valence-electron chi connectivity index (χ1n) is 6.12. The van der Waals surface area contributed by atoms with E-state index in [-0.39, 0.29) is 5.91 Å². The van der Waals surface area contributed by atoms with Crippen LogP contribution in [0, 0.1) is 0 Å². The highest BCUT2D eigenvalue weighted by Crippen LogP contribution is 2.15. The first kappa shape index (κ1) is 14.4. The number of thioether (sulfide) groups is 1. The van der Waals surface area contributed by atoms with Crippen LogP contribution in [0.15, 0.2) is 42.6 Å². The zero-order chi connectivity index (χ0) is 14.4. The molecule has 5 heteroatoms. The molecule has 1 amide bonds. The Hall–Kier alpha value is -2.01. The molecule has 2 rings (SSSR count). The Balaban J connectivity index is 2.08. The number of benzene rings is 1. The lowest BCUT2D eigenvalue weighted by atomic mass is 10.1. The normalized spacial score (nSPS) is 10.1. The number of carbonyl (C=O) groups is 1. The number of amides is 1. The molecule has 1 heterocycles. The van der Waals surface area contributed by atoms with Crippen LogP contribution in [0.5, 0.6) is 5.88 Å². The van der Waals surface area contributed by atoms with Crippen molar-refractivity contribution in [3.63, 3.8) is 0 Å². The summed E-state index contributed by atoms with van der Waals surface area (Å²) in [6, 6.07) is 11.1. The highest BCUT2D eigenvalue weighted by atomic mass is 32.2. The number of methoxy groups -OCH3 is 1. The highest BCUT2D eigenvalue weighted by molar-refractivity contribution is 7.97. The molecule has 1 aromatic carbocycles. The Morgan fingerprint density at radius 3 is 2.85 bits per heavy atom. The average molecular weight is 288 g/mol. The van der Waals surface area contributed by atoms with Gasteiger partial charge in [-0.15, -0.1) is 0 Å². The van der Waals surface area contributed by atoms with E-state index in [9.17, 15) is 4.79 Å². The fourth-order valence-corrected chi connectivity index (χ4v) is 2.26. The van der Waals surface area contributed by atoms with Gasteiger partial charge in [-0.25, -0.2) is 4.98 Å². The maximum atomic E-state index is 12.1. The van der Waals surface area contributed by atoms with E-state index >= 15 is 0 Å². The topological polar surface area (TPSA) is 51.2 Å². The molecule has 0 fully saturated rings. The van der Waals surface area contributed by atoms with Crippen molar-refractivity contribution in [2.45, 2.75) is 5.75 Å². The van der Waals surface area contributed by atoms with Gasteiger partial charge in [0, 0.05) is 17.4 Å². The zero-order valence-electron chi connectivity index (χ0n) is 11.4. The zero-order valence-corrected chi connectivity index (χ0v) is 12.2. The second-order valence-electron chi connectivity index (χ2n) is 4.18. The first-order valence-corrected chi connectivity index (χ1v) is 7.51. The van der Waals surface area contributed by atoms with E-state index in [2.05, 4.69) is 10.3 Å². The van der Waals surface area contributed by atoms with Crippen molar-refractivity contribution in [2.75, 3.05) is 18.7 Å². The molecule has 0 saturated heterocycles.